The molecule has 3 heteroatoms. The molecule has 0 saturated carbocycles. The van der Waals surface area contributed by atoms with Crippen molar-refractivity contribution in [1.29, 1.82) is 0 Å². The maximum Gasteiger partial charge on any atom is 0.157 e. The molecule has 1 aromatic rings. The molecule has 0 atom stereocenters. The molecule has 0 spiro atoms. The number of nitrogens with one attached hydrogen (secondary N) is 1. The van der Waals surface area contributed by atoms with Crippen molar-refractivity contribution in [2.24, 2.45) is 0 Å². The Labute approximate surface area is 77.2 Å². The van der Waals surface area contributed by atoms with Crippen molar-refractivity contribution in [1.82, 2.24) is 10.3 Å². The van der Waals surface area contributed by atoms with Gasteiger partial charge in [0.1, 0.15) is 5.69 Å². The molecule has 0 aliphatic rings. The van der Waals surface area contributed by atoms with E-state index in [0.29, 0.717) is 6.54 Å². The molecular formula is C10H11FN2. The number of nitrogens with zero attached hydrogens (tertiary/aromatic N) is 1. The summed E-state index contributed by atoms with van der Waals surface area (Å²) in [7, 11) is 1.79. The Kier molecular flexibility index (Phi) is 3.41. The average molecular weight is 178 g/mol. The zero-order valence-corrected chi connectivity index (χ0v) is 7.69. The Morgan fingerprint density at radius 3 is 3.00 bits per heavy atom. The van der Waals surface area contributed by atoms with Gasteiger partial charge < -0.3 is 5.32 Å². The third-order valence-corrected chi connectivity index (χ3v) is 1.46. The molecule has 1 N–H and O–H groups in total. The van der Waals surface area contributed by atoms with E-state index in [9.17, 15) is 4.39 Å². The highest BCUT2D eigenvalue weighted by atomic mass is 19.1. The van der Waals surface area contributed by atoms with Crippen molar-refractivity contribution in [2.45, 2.75) is 6.92 Å². The van der Waals surface area contributed by atoms with Crippen LogP contribution >= 0.6 is 0 Å². The van der Waals surface area contributed by atoms with E-state index in [1.807, 2.05) is 6.92 Å². The normalized spacial score (nSPS) is 9.15. The maximum absolute atomic E-state index is 13.0. The van der Waals surface area contributed by atoms with Crippen LogP contribution in [0.3, 0.4) is 0 Å². The van der Waals surface area contributed by atoms with Crippen molar-refractivity contribution < 1.29 is 4.39 Å². The van der Waals surface area contributed by atoms with E-state index < -0.39 is 0 Å². The topological polar surface area (TPSA) is 24.9 Å². The first kappa shape index (κ1) is 9.69. The minimum atomic E-state index is -0.366. The van der Waals surface area contributed by atoms with Gasteiger partial charge in [0.25, 0.3) is 0 Å². The van der Waals surface area contributed by atoms with Crippen LogP contribution in [0.25, 0.3) is 0 Å². The molecular weight excluding hydrogens is 167 g/mol. The molecule has 0 bridgehead atoms. The van der Waals surface area contributed by atoms with Gasteiger partial charge in [-0.25, -0.2) is 9.37 Å². The van der Waals surface area contributed by atoms with Crippen LogP contribution in [0.2, 0.25) is 0 Å². The fourth-order valence-corrected chi connectivity index (χ4v) is 0.844. The SMILES string of the molecule is CNCC#Cc1nc(C)ccc1F. The third-order valence-electron chi connectivity index (χ3n) is 1.46. The van der Waals surface area contributed by atoms with Crippen LogP contribution in [0.15, 0.2) is 12.1 Å². The molecule has 1 heterocycles. The highest BCUT2D eigenvalue weighted by Crippen LogP contribution is 2.03. The maximum atomic E-state index is 13.0. The summed E-state index contributed by atoms with van der Waals surface area (Å²) in [5, 5.41) is 2.85. The molecule has 0 saturated heterocycles. The molecule has 0 aliphatic carbocycles. The highest BCUT2D eigenvalue weighted by Gasteiger charge is 1.98. The summed E-state index contributed by atoms with van der Waals surface area (Å²) in [6, 6.07) is 3.00. The van der Waals surface area contributed by atoms with E-state index in [2.05, 4.69) is 22.1 Å². The van der Waals surface area contributed by atoms with E-state index in [1.54, 1.807) is 13.1 Å². The monoisotopic (exact) mass is 178 g/mol. The van der Waals surface area contributed by atoms with Gasteiger partial charge >= 0.3 is 0 Å². The van der Waals surface area contributed by atoms with E-state index >= 15 is 0 Å². The quantitative estimate of drug-likeness (QED) is 0.651. The summed E-state index contributed by atoms with van der Waals surface area (Å²) >= 11 is 0. The van der Waals surface area contributed by atoms with Crippen LogP contribution in [0.1, 0.15) is 11.4 Å². The minimum absolute atomic E-state index is 0.218. The second kappa shape index (κ2) is 4.58. The molecule has 0 fully saturated rings. The van der Waals surface area contributed by atoms with Gasteiger partial charge in [0.15, 0.2) is 5.82 Å². The van der Waals surface area contributed by atoms with Gasteiger partial charge in [-0.05, 0) is 32.0 Å². The second-order valence-corrected chi connectivity index (χ2v) is 2.62. The van der Waals surface area contributed by atoms with Crippen LogP contribution < -0.4 is 5.32 Å². The van der Waals surface area contributed by atoms with Gasteiger partial charge in [0.2, 0.25) is 0 Å². The lowest BCUT2D eigenvalue weighted by molar-refractivity contribution is 0.616. The van der Waals surface area contributed by atoms with Gasteiger partial charge in [-0.3, -0.25) is 0 Å². The minimum Gasteiger partial charge on any atom is -0.309 e. The van der Waals surface area contributed by atoms with Gasteiger partial charge in [-0.2, -0.15) is 0 Å². The van der Waals surface area contributed by atoms with Gasteiger partial charge in [0.05, 0.1) is 6.54 Å². The molecule has 0 unspecified atom stereocenters. The van der Waals surface area contributed by atoms with Gasteiger partial charge in [0, 0.05) is 5.69 Å². The van der Waals surface area contributed by atoms with E-state index in [-0.39, 0.29) is 11.5 Å². The molecule has 0 aliphatic heterocycles. The van der Waals surface area contributed by atoms with E-state index in [1.165, 1.54) is 6.07 Å². The zero-order chi connectivity index (χ0) is 9.68. The molecule has 0 amide bonds. The number of aryl methyl sites for hydroxylation is 1. The van der Waals surface area contributed by atoms with Crippen molar-refractivity contribution >= 4 is 0 Å². The summed E-state index contributed by atoms with van der Waals surface area (Å²) in [5.41, 5.74) is 0.991. The largest absolute Gasteiger partial charge is 0.309 e. The molecule has 0 radical (unpaired) electrons. The summed E-state index contributed by atoms with van der Waals surface area (Å²) in [4.78, 5) is 3.97. The van der Waals surface area contributed by atoms with Crippen LogP contribution in [0.4, 0.5) is 4.39 Å². The molecule has 1 aromatic heterocycles. The Morgan fingerprint density at radius 1 is 1.54 bits per heavy atom. The third kappa shape index (κ3) is 2.85. The lowest BCUT2D eigenvalue weighted by atomic mass is 10.3. The average Bonchev–Trinajstić information content (AvgIpc) is 2.11. The first-order valence-electron chi connectivity index (χ1n) is 4.00. The standard InChI is InChI=1S/C10H11FN2/c1-8-5-6-9(11)10(13-8)4-3-7-12-2/h5-6,12H,7H2,1-2H3. The number of rotatable bonds is 1. The zero-order valence-electron chi connectivity index (χ0n) is 7.69. The Bertz CT molecular complexity index is 350. The summed E-state index contributed by atoms with van der Waals surface area (Å²) in [6.07, 6.45) is 0. The Hall–Kier alpha value is -1.40. The first-order valence-corrected chi connectivity index (χ1v) is 4.00. The second-order valence-electron chi connectivity index (χ2n) is 2.62. The van der Waals surface area contributed by atoms with Gasteiger partial charge in [-0.15, -0.1) is 0 Å². The lowest BCUT2D eigenvalue weighted by Gasteiger charge is -1.94. The number of aromatic nitrogens is 1. The predicted octanol–water partition coefficient (Wildman–Crippen LogP) is 1.10. The molecule has 0 aromatic carbocycles. The van der Waals surface area contributed by atoms with Crippen molar-refractivity contribution in [2.75, 3.05) is 13.6 Å². The number of hydrogen-bond donors (Lipinski definition) is 1. The summed E-state index contributed by atoms with van der Waals surface area (Å²) < 4.78 is 13.0. The number of hydrogen-bond acceptors (Lipinski definition) is 2. The molecule has 68 valence electrons. The first-order chi connectivity index (χ1) is 6.24. The van der Waals surface area contributed by atoms with Crippen molar-refractivity contribution in [3.63, 3.8) is 0 Å². The number of halogens is 1. The fourth-order valence-electron chi connectivity index (χ4n) is 0.844. The van der Waals surface area contributed by atoms with Gasteiger partial charge in [-0.1, -0.05) is 5.92 Å². The summed E-state index contributed by atoms with van der Waals surface area (Å²) in [5.74, 6) is 5.05. The van der Waals surface area contributed by atoms with Crippen molar-refractivity contribution in [3.8, 4) is 11.8 Å². The van der Waals surface area contributed by atoms with Crippen LogP contribution in [-0.2, 0) is 0 Å². The number of pyridine rings is 1. The smallest absolute Gasteiger partial charge is 0.157 e. The van der Waals surface area contributed by atoms with Crippen LogP contribution in [0, 0.1) is 24.6 Å². The van der Waals surface area contributed by atoms with Crippen LogP contribution in [-0.4, -0.2) is 18.6 Å². The highest BCUT2D eigenvalue weighted by molar-refractivity contribution is 5.30. The Morgan fingerprint density at radius 2 is 2.31 bits per heavy atom. The molecule has 13 heavy (non-hydrogen) atoms. The lowest BCUT2D eigenvalue weighted by Crippen LogP contribution is -2.04. The fraction of sp³-hybridized carbons (Fsp3) is 0.300. The molecule has 2 nitrogen and oxygen atoms in total. The summed E-state index contributed by atoms with van der Waals surface area (Å²) in [6.45, 7) is 2.34. The predicted molar refractivity (Wildman–Crippen MR) is 49.7 cm³/mol. The van der Waals surface area contributed by atoms with E-state index in [0.717, 1.165) is 5.69 Å². The Balaban J connectivity index is 2.89. The molecule has 1 rings (SSSR count). The van der Waals surface area contributed by atoms with Crippen LogP contribution in [0.5, 0.6) is 0 Å². The van der Waals surface area contributed by atoms with Crippen molar-refractivity contribution in [3.05, 3.63) is 29.3 Å². The van der Waals surface area contributed by atoms with E-state index in [4.69, 9.17) is 0 Å².